The van der Waals surface area contributed by atoms with E-state index in [1.807, 2.05) is 30.3 Å². The monoisotopic (exact) mass is 639 g/mol. The summed E-state index contributed by atoms with van der Waals surface area (Å²) in [7, 11) is -4.21. The molecule has 0 unspecified atom stereocenters. The second-order valence-corrected chi connectivity index (χ2v) is 11.7. The van der Waals surface area contributed by atoms with Crippen molar-refractivity contribution in [1.29, 1.82) is 0 Å². The molecule has 5 rings (SSSR count). The highest BCUT2D eigenvalue weighted by Crippen LogP contribution is 2.34. The molecular formula is C32H28F3N3O6S. The third-order valence-electron chi connectivity index (χ3n) is 6.86. The number of alkyl halides is 3. The largest absolute Gasteiger partial charge is 0.484 e. The summed E-state index contributed by atoms with van der Waals surface area (Å²) in [6.07, 6.45) is -4.95. The van der Waals surface area contributed by atoms with Gasteiger partial charge in [-0.05, 0) is 66.6 Å². The standard InChI is InChI=1S/C32H28F3N3O6S/c33-32(34,35)23-9-6-10-24(19-23)37-45(41,42)26-15-13-25(14-16-26)43-21-30(39)38-20-29(44-28-12-5-4-11-27(28)38)31(40)36-18-17-22-7-2-1-3-8-22/h1-16,19,29,37H,17-18,20-21H2,(H,36,40)/t29-/m1/s1. The molecule has 1 aliphatic heterocycles. The van der Waals surface area contributed by atoms with Crippen molar-refractivity contribution >= 4 is 33.2 Å². The number of para-hydroxylation sites is 2. The van der Waals surface area contributed by atoms with Crippen LogP contribution in [0, 0.1) is 0 Å². The van der Waals surface area contributed by atoms with Crippen molar-refractivity contribution < 1.29 is 40.7 Å². The number of hydrogen-bond donors (Lipinski definition) is 2. The van der Waals surface area contributed by atoms with E-state index in [0.717, 1.165) is 17.7 Å². The normalized spacial score (nSPS) is 14.6. The number of ether oxygens (including phenoxy) is 2. The fourth-order valence-corrected chi connectivity index (χ4v) is 5.66. The average molecular weight is 640 g/mol. The van der Waals surface area contributed by atoms with Crippen LogP contribution in [-0.4, -0.2) is 46.0 Å². The van der Waals surface area contributed by atoms with E-state index in [1.165, 1.54) is 35.2 Å². The topological polar surface area (TPSA) is 114 Å². The van der Waals surface area contributed by atoms with E-state index < -0.39 is 40.4 Å². The number of amides is 2. The number of nitrogens with one attached hydrogen (secondary N) is 2. The summed E-state index contributed by atoms with van der Waals surface area (Å²) in [6.45, 7) is -0.0807. The molecule has 1 aliphatic rings. The Balaban J connectivity index is 1.20. The number of sulfonamides is 1. The van der Waals surface area contributed by atoms with Gasteiger partial charge in [0.05, 0.1) is 22.7 Å². The summed E-state index contributed by atoms with van der Waals surface area (Å²) >= 11 is 0. The Morgan fingerprint density at radius 2 is 1.62 bits per heavy atom. The molecule has 0 bridgehead atoms. The van der Waals surface area contributed by atoms with E-state index in [0.29, 0.717) is 30.5 Å². The van der Waals surface area contributed by atoms with Gasteiger partial charge >= 0.3 is 6.18 Å². The number of fused-ring (bicyclic) bond motifs is 1. The van der Waals surface area contributed by atoms with E-state index in [9.17, 15) is 31.2 Å². The first-order valence-corrected chi connectivity index (χ1v) is 15.3. The van der Waals surface area contributed by atoms with Crippen LogP contribution in [0.25, 0.3) is 0 Å². The number of benzene rings is 4. The summed E-state index contributed by atoms with van der Waals surface area (Å²) < 4.78 is 78.1. The molecule has 0 saturated heterocycles. The molecule has 0 fully saturated rings. The SMILES string of the molecule is O=C(NCCc1ccccc1)[C@H]1CN(C(=O)COc2ccc(S(=O)(=O)Nc3cccc(C(F)(F)F)c3)cc2)c2ccccc2O1. The molecule has 9 nitrogen and oxygen atoms in total. The first-order chi connectivity index (χ1) is 21.5. The van der Waals surface area contributed by atoms with E-state index >= 15 is 0 Å². The smallest absolute Gasteiger partial charge is 0.416 e. The summed E-state index contributed by atoms with van der Waals surface area (Å²) in [5.41, 5.74) is 0.305. The molecule has 0 saturated carbocycles. The summed E-state index contributed by atoms with van der Waals surface area (Å²) in [6, 6.07) is 25.4. The third-order valence-corrected chi connectivity index (χ3v) is 8.26. The van der Waals surface area contributed by atoms with Gasteiger partial charge in [0.1, 0.15) is 11.5 Å². The van der Waals surface area contributed by atoms with Gasteiger partial charge in [-0.2, -0.15) is 13.2 Å². The van der Waals surface area contributed by atoms with Gasteiger partial charge in [-0.3, -0.25) is 14.3 Å². The highest BCUT2D eigenvalue weighted by Gasteiger charge is 2.34. The number of carbonyl (C=O) groups is 2. The summed E-state index contributed by atoms with van der Waals surface area (Å²) in [5.74, 6) is -0.285. The van der Waals surface area contributed by atoms with Gasteiger partial charge in [0, 0.05) is 12.2 Å². The minimum Gasteiger partial charge on any atom is -0.484 e. The maximum Gasteiger partial charge on any atom is 0.416 e. The van der Waals surface area contributed by atoms with Gasteiger partial charge in [-0.25, -0.2) is 8.42 Å². The van der Waals surface area contributed by atoms with E-state index in [4.69, 9.17) is 9.47 Å². The molecule has 4 aromatic rings. The third kappa shape index (κ3) is 7.92. The van der Waals surface area contributed by atoms with Gasteiger partial charge in [0.2, 0.25) is 0 Å². The van der Waals surface area contributed by atoms with Gasteiger partial charge in [0.15, 0.2) is 12.7 Å². The van der Waals surface area contributed by atoms with Gasteiger partial charge in [0.25, 0.3) is 21.8 Å². The second-order valence-electron chi connectivity index (χ2n) is 10.0. The number of hydrogen-bond acceptors (Lipinski definition) is 6. The first-order valence-electron chi connectivity index (χ1n) is 13.8. The van der Waals surface area contributed by atoms with Crippen LogP contribution in [0.1, 0.15) is 11.1 Å². The molecule has 13 heteroatoms. The fourth-order valence-electron chi connectivity index (χ4n) is 4.61. The van der Waals surface area contributed by atoms with Crippen molar-refractivity contribution in [3.05, 3.63) is 114 Å². The molecule has 45 heavy (non-hydrogen) atoms. The Hall–Kier alpha value is -5.04. The van der Waals surface area contributed by atoms with Crippen molar-refractivity contribution in [2.75, 3.05) is 29.3 Å². The summed E-state index contributed by atoms with van der Waals surface area (Å²) in [4.78, 5) is 27.4. The Morgan fingerprint density at radius 1 is 0.911 bits per heavy atom. The van der Waals surface area contributed by atoms with Gasteiger partial charge in [-0.1, -0.05) is 48.5 Å². The molecule has 0 aromatic heterocycles. The average Bonchev–Trinajstić information content (AvgIpc) is 3.03. The van der Waals surface area contributed by atoms with Gasteiger partial charge < -0.3 is 19.7 Å². The van der Waals surface area contributed by atoms with Crippen molar-refractivity contribution in [2.45, 2.75) is 23.6 Å². The zero-order valence-electron chi connectivity index (χ0n) is 23.7. The zero-order chi connectivity index (χ0) is 32.0. The lowest BCUT2D eigenvalue weighted by Gasteiger charge is -2.34. The van der Waals surface area contributed by atoms with E-state index in [2.05, 4.69) is 10.0 Å². The number of carbonyl (C=O) groups excluding carboxylic acids is 2. The van der Waals surface area contributed by atoms with Crippen LogP contribution in [0.3, 0.4) is 0 Å². The maximum atomic E-state index is 13.3. The number of halogens is 3. The molecule has 1 atom stereocenters. The summed E-state index contributed by atoms with van der Waals surface area (Å²) in [5, 5.41) is 2.85. The van der Waals surface area contributed by atoms with Crippen LogP contribution in [0.4, 0.5) is 24.5 Å². The second kappa shape index (κ2) is 13.3. The van der Waals surface area contributed by atoms with E-state index in [1.54, 1.807) is 24.3 Å². The lowest BCUT2D eigenvalue weighted by atomic mass is 10.1. The van der Waals surface area contributed by atoms with Gasteiger partial charge in [-0.15, -0.1) is 0 Å². The predicted octanol–water partition coefficient (Wildman–Crippen LogP) is 5.04. The zero-order valence-corrected chi connectivity index (χ0v) is 24.5. The van der Waals surface area contributed by atoms with Crippen LogP contribution in [0.5, 0.6) is 11.5 Å². The van der Waals surface area contributed by atoms with Crippen molar-refractivity contribution in [1.82, 2.24) is 5.32 Å². The molecule has 1 heterocycles. The molecule has 2 N–H and O–H groups in total. The lowest BCUT2D eigenvalue weighted by molar-refractivity contribution is -0.137. The number of rotatable bonds is 10. The number of anilines is 2. The van der Waals surface area contributed by atoms with Crippen LogP contribution in [0.15, 0.2) is 108 Å². The van der Waals surface area contributed by atoms with Crippen molar-refractivity contribution in [3.63, 3.8) is 0 Å². The van der Waals surface area contributed by atoms with Crippen LogP contribution < -0.4 is 24.4 Å². The Labute approximate surface area is 257 Å². The molecule has 0 radical (unpaired) electrons. The molecular weight excluding hydrogens is 611 g/mol. The minimum absolute atomic E-state index is 0.0469. The highest BCUT2D eigenvalue weighted by atomic mass is 32.2. The lowest BCUT2D eigenvalue weighted by Crippen LogP contribution is -2.52. The van der Waals surface area contributed by atoms with Crippen LogP contribution in [0.2, 0.25) is 0 Å². The number of nitrogens with zero attached hydrogens (tertiary/aromatic N) is 1. The molecule has 234 valence electrons. The minimum atomic E-state index is -4.63. The maximum absolute atomic E-state index is 13.3. The quantitative estimate of drug-likeness (QED) is 0.252. The fraction of sp³-hybridized carbons (Fsp3) is 0.188. The first kappa shape index (κ1) is 31.4. The predicted molar refractivity (Wildman–Crippen MR) is 161 cm³/mol. The highest BCUT2D eigenvalue weighted by molar-refractivity contribution is 7.92. The molecule has 0 spiro atoms. The van der Waals surface area contributed by atoms with Crippen molar-refractivity contribution in [3.8, 4) is 11.5 Å². The van der Waals surface area contributed by atoms with E-state index in [-0.39, 0.29) is 28.8 Å². The molecule has 2 amide bonds. The van der Waals surface area contributed by atoms with Crippen molar-refractivity contribution in [2.24, 2.45) is 0 Å². The Kier molecular flexibility index (Phi) is 9.28. The van der Waals surface area contributed by atoms with Crippen LogP contribution >= 0.6 is 0 Å². The Bertz CT molecular complexity index is 1770. The molecule has 4 aromatic carbocycles. The molecule has 0 aliphatic carbocycles. The Morgan fingerprint density at radius 3 is 2.36 bits per heavy atom. The van der Waals surface area contributed by atoms with Crippen LogP contribution in [-0.2, 0) is 32.2 Å².